The summed E-state index contributed by atoms with van der Waals surface area (Å²) in [7, 11) is 3.23. The van der Waals surface area contributed by atoms with E-state index in [0.29, 0.717) is 5.75 Å². The molecule has 0 radical (unpaired) electrons. The molecule has 0 saturated heterocycles. The lowest BCUT2D eigenvalue weighted by Crippen LogP contribution is -2.10. The number of thiol groups is 1. The lowest BCUT2D eigenvalue weighted by atomic mass is 10.1. The van der Waals surface area contributed by atoms with Crippen LogP contribution in [0.3, 0.4) is 0 Å². The van der Waals surface area contributed by atoms with Crippen LogP contribution in [0.25, 0.3) is 0 Å². The zero-order chi connectivity index (χ0) is 11.3. The third-order valence-corrected chi connectivity index (χ3v) is 2.53. The molecule has 0 heterocycles. The molecule has 0 aliphatic carbocycles. The lowest BCUT2D eigenvalue weighted by molar-refractivity contribution is 0.354. The quantitative estimate of drug-likeness (QED) is 0.756. The summed E-state index contributed by atoms with van der Waals surface area (Å²) < 4.78 is 10.4. The highest BCUT2D eigenvalue weighted by atomic mass is 32.1. The predicted octanol–water partition coefficient (Wildman–Crippen LogP) is 2.02. The van der Waals surface area contributed by atoms with E-state index in [4.69, 9.17) is 15.2 Å². The summed E-state index contributed by atoms with van der Waals surface area (Å²) in [5.41, 5.74) is 7.02. The first-order valence-electron chi connectivity index (χ1n) is 4.81. The third-order valence-electron chi connectivity index (χ3n) is 2.28. The SMILES string of the molecule is COc1ccc(C(N)CCS)cc1OC. The fraction of sp³-hybridized carbons (Fsp3) is 0.455. The molecule has 1 rings (SSSR count). The van der Waals surface area contributed by atoms with Gasteiger partial charge >= 0.3 is 0 Å². The Morgan fingerprint density at radius 3 is 2.47 bits per heavy atom. The molecule has 0 bridgehead atoms. The summed E-state index contributed by atoms with van der Waals surface area (Å²) in [6.07, 6.45) is 0.846. The average molecular weight is 227 g/mol. The molecule has 1 unspecified atom stereocenters. The molecule has 0 amide bonds. The first-order valence-corrected chi connectivity index (χ1v) is 5.44. The van der Waals surface area contributed by atoms with Crippen molar-refractivity contribution in [3.05, 3.63) is 23.8 Å². The molecule has 15 heavy (non-hydrogen) atoms. The maximum Gasteiger partial charge on any atom is 0.161 e. The van der Waals surface area contributed by atoms with Gasteiger partial charge in [0.2, 0.25) is 0 Å². The Bertz CT molecular complexity index is 317. The van der Waals surface area contributed by atoms with Crippen LogP contribution in [0, 0.1) is 0 Å². The van der Waals surface area contributed by atoms with Crippen LogP contribution in [0.5, 0.6) is 11.5 Å². The molecule has 0 saturated carbocycles. The van der Waals surface area contributed by atoms with Crippen LogP contribution in [0.4, 0.5) is 0 Å². The summed E-state index contributed by atoms with van der Waals surface area (Å²) in [5.74, 6) is 2.21. The maximum atomic E-state index is 5.98. The predicted molar refractivity (Wildman–Crippen MR) is 64.9 cm³/mol. The van der Waals surface area contributed by atoms with E-state index in [0.717, 1.165) is 23.5 Å². The smallest absolute Gasteiger partial charge is 0.161 e. The molecular weight excluding hydrogens is 210 g/mol. The molecule has 4 heteroatoms. The number of rotatable bonds is 5. The van der Waals surface area contributed by atoms with Crippen LogP contribution in [-0.4, -0.2) is 20.0 Å². The molecule has 3 nitrogen and oxygen atoms in total. The van der Waals surface area contributed by atoms with Gasteiger partial charge in [-0.25, -0.2) is 0 Å². The van der Waals surface area contributed by atoms with Crippen molar-refractivity contribution >= 4 is 12.6 Å². The number of hydrogen-bond acceptors (Lipinski definition) is 4. The molecule has 0 fully saturated rings. The topological polar surface area (TPSA) is 44.5 Å². The fourth-order valence-electron chi connectivity index (χ4n) is 1.39. The molecule has 1 aromatic carbocycles. The van der Waals surface area contributed by atoms with Gasteiger partial charge in [-0.05, 0) is 29.9 Å². The van der Waals surface area contributed by atoms with Crippen LogP contribution < -0.4 is 15.2 Å². The molecule has 0 spiro atoms. The number of methoxy groups -OCH3 is 2. The second kappa shape index (κ2) is 5.88. The van der Waals surface area contributed by atoms with Gasteiger partial charge in [-0.1, -0.05) is 6.07 Å². The summed E-state index contributed by atoms with van der Waals surface area (Å²) in [5, 5.41) is 0. The number of benzene rings is 1. The lowest BCUT2D eigenvalue weighted by Gasteiger charge is -2.13. The van der Waals surface area contributed by atoms with Gasteiger partial charge < -0.3 is 15.2 Å². The van der Waals surface area contributed by atoms with Gasteiger partial charge in [0.25, 0.3) is 0 Å². The molecule has 84 valence electrons. The van der Waals surface area contributed by atoms with Crippen LogP contribution in [0.15, 0.2) is 18.2 Å². The Hall–Kier alpha value is -0.870. The van der Waals surface area contributed by atoms with Crippen molar-refractivity contribution in [2.75, 3.05) is 20.0 Å². The van der Waals surface area contributed by atoms with E-state index in [2.05, 4.69) is 12.6 Å². The van der Waals surface area contributed by atoms with Crippen molar-refractivity contribution < 1.29 is 9.47 Å². The first kappa shape index (κ1) is 12.2. The van der Waals surface area contributed by atoms with E-state index >= 15 is 0 Å². The van der Waals surface area contributed by atoms with Crippen molar-refractivity contribution in [2.24, 2.45) is 5.73 Å². The molecule has 2 N–H and O–H groups in total. The second-order valence-electron chi connectivity index (χ2n) is 3.23. The summed E-state index contributed by atoms with van der Waals surface area (Å²) in [6.45, 7) is 0. The van der Waals surface area contributed by atoms with Gasteiger partial charge in [0.05, 0.1) is 14.2 Å². The normalized spacial score (nSPS) is 12.3. The van der Waals surface area contributed by atoms with E-state index < -0.39 is 0 Å². The highest BCUT2D eigenvalue weighted by Crippen LogP contribution is 2.30. The molecule has 0 aliphatic heterocycles. The van der Waals surface area contributed by atoms with Crippen molar-refractivity contribution in [1.82, 2.24) is 0 Å². The number of nitrogens with two attached hydrogens (primary N) is 1. The van der Waals surface area contributed by atoms with E-state index in [9.17, 15) is 0 Å². The molecule has 0 aliphatic rings. The minimum absolute atomic E-state index is 0.00214. The Kier molecular flexibility index (Phi) is 4.78. The summed E-state index contributed by atoms with van der Waals surface area (Å²) >= 11 is 4.16. The van der Waals surface area contributed by atoms with E-state index in [1.165, 1.54) is 0 Å². The summed E-state index contributed by atoms with van der Waals surface area (Å²) in [6, 6.07) is 5.73. The van der Waals surface area contributed by atoms with Crippen LogP contribution in [-0.2, 0) is 0 Å². The van der Waals surface area contributed by atoms with E-state index in [-0.39, 0.29) is 6.04 Å². The van der Waals surface area contributed by atoms with Gasteiger partial charge in [0, 0.05) is 6.04 Å². The van der Waals surface area contributed by atoms with Crippen molar-refractivity contribution in [1.29, 1.82) is 0 Å². The molecule has 1 atom stereocenters. The van der Waals surface area contributed by atoms with Crippen molar-refractivity contribution in [3.63, 3.8) is 0 Å². The largest absolute Gasteiger partial charge is 0.493 e. The molecular formula is C11H17NO2S. The minimum Gasteiger partial charge on any atom is -0.493 e. The van der Waals surface area contributed by atoms with Crippen molar-refractivity contribution in [3.8, 4) is 11.5 Å². The van der Waals surface area contributed by atoms with E-state index in [1.807, 2.05) is 18.2 Å². The monoisotopic (exact) mass is 227 g/mol. The zero-order valence-corrected chi connectivity index (χ0v) is 9.96. The van der Waals surface area contributed by atoms with Gasteiger partial charge in [0.15, 0.2) is 11.5 Å². The molecule has 0 aromatic heterocycles. The maximum absolute atomic E-state index is 5.98. The first-order chi connectivity index (χ1) is 7.22. The highest BCUT2D eigenvalue weighted by molar-refractivity contribution is 7.80. The Morgan fingerprint density at radius 2 is 1.93 bits per heavy atom. The van der Waals surface area contributed by atoms with Crippen molar-refractivity contribution in [2.45, 2.75) is 12.5 Å². The average Bonchev–Trinajstić information content (AvgIpc) is 2.28. The van der Waals surface area contributed by atoms with Crippen LogP contribution in [0.1, 0.15) is 18.0 Å². The number of hydrogen-bond donors (Lipinski definition) is 2. The second-order valence-corrected chi connectivity index (χ2v) is 3.68. The van der Waals surface area contributed by atoms with Gasteiger partial charge in [0.1, 0.15) is 0 Å². The highest BCUT2D eigenvalue weighted by Gasteiger charge is 2.09. The van der Waals surface area contributed by atoms with Crippen LogP contribution in [0.2, 0.25) is 0 Å². The Labute approximate surface area is 96.0 Å². The number of ether oxygens (including phenoxy) is 2. The standard InChI is InChI=1S/C11H17NO2S/c1-13-10-4-3-8(7-11(10)14-2)9(12)5-6-15/h3-4,7,9,15H,5-6,12H2,1-2H3. The van der Waals surface area contributed by atoms with Crippen LogP contribution >= 0.6 is 12.6 Å². The third kappa shape index (κ3) is 3.04. The van der Waals surface area contributed by atoms with E-state index in [1.54, 1.807) is 14.2 Å². The van der Waals surface area contributed by atoms with Gasteiger partial charge in [-0.2, -0.15) is 12.6 Å². The summed E-state index contributed by atoms with van der Waals surface area (Å²) in [4.78, 5) is 0. The minimum atomic E-state index is 0.00214. The Morgan fingerprint density at radius 1 is 1.27 bits per heavy atom. The fourth-order valence-corrected chi connectivity index (χ4v) is 1.67. The zero-order valence-electron chi connectivity index (χ0n) is 9.06. The Balaban J connectivity index is 2.92. The molecule has 1 aromatic rings. The van der Waals surface area contributed by atoms with Gasteiger partial charge in [-0.3, -0.25) is 0 Å². The van der Waals surface area contributed by atoms with Gasteiger partial charge in [-0.15, -0.1) is 0 Å².